The van der Waals surface area contributed by atoms with Gasteiger partial charge in [0.15, 0.2) is 0 Å². The summed E-state index contributed by atoms with van der Waals surface area (Å²) in [5, 5.41) is 3.07. The number of halogens is 1. The van der Waals surface area contributed by atoms with Crippen molar-refractivity contribution < 1.29 is 13.9 Å². The van der Waals surface area contributed by atoms with Gasteiger partial charge in [0.25, 0.3) is 0 Å². The molecule has 0 saturated heterocycles. The zero-order valence-corrected chi connectivity index (χ0v) is 10.7. The van der Waals surface area contributed by atoms with E-state index in [9.17, 15) is 4.39 Å². The molecule has 100 valence electrons. The van der Waals surface area contributed by atoms with Crippen LogP contribution >= 0.6 is 0 Å². The van der Waals surface area contributed by atoms with E-state index < -0.39 is 0 Å². The predicted molar refractivity (Wildman–Crippen MR) is 68.9 cm³/mol. The van der Waals surface area contributed by atoms with E-state index in [1.807, 2.05) is 0 Å². The second-order valence-corrected chi connectivity index (χ2v) is 3.73. The summed E-state index contributed by atoms with van der Waals surface area (Å²) < 4.78 is 23.4. The fourth-order valence-electron chi connectivity index (χ4n) is 1.67. The molecule has 0 fully saturated rings. The highest BCUT2D eigenvalue weighted by molar-refractivity contribution is 5.46. The maximum Gasteiger partial charge on any atom is 0.225 e. The number of hydrogen-bond donors (Lipinski definition) is 1. The first-order valence-corrected chi connectivity index (χ1v) is 5.66. The molecule has 1 heterocycles. The minimum absolute atomic E-state index is 0.298. The molecule has 0 spiro atoms. The fraction of sp³-hybridized carbons (Fsp3) is 0.231. The van der Waals surface area contributed by atoms with E-state index in [4.69, 9.17) is 9.47 Å². The molecular weight excluding hydrogens is 249 g/mol. The lowest BCUT2D eigenvalue weighted by Crippen LogP contribution is -2.06. The third-order valence-electron chi connectivity index (χ3n) is 2.55. The number of nitrogens with one attached hydrogen (secondary N) is 1. The van der Waals surface area contributed by atoms with E-state index in [2.05, 4.69) is 15.3 Å². The van der Waals surface area contributed by atoms with E-state index in [-0.39, 0.29) is 5.82 Å². The summed E-state index contributed by atoms with van der Waals surface area (Å²) in [5.74, 6) is 0.555. The van der Waals surface area contributed by atoms with Crippen LogP contribution in [-0.2, 0) is 6.54 Å². The number of anilines is 1. The van der Waals surface area contributed by atoms with Gasteiger partial charge in [-0.05, 0) is 18.2 Å². The van der Waals surface area contributed by atoms with Gasteiger partial charge in [0.2, 0.25) is 11.8 Å². The van der Waals surface area contributed by atoms with Crippen LogP contribution in [0.4, 0.5) is 10.1 Å². The first kappa shape index (κ1) is 13.1. The molecule has 1 N–H and O–H groups in total. The smallest absolute Gasteiger partial charge is 0.225 e. The summed E-state index contributed by atoms with van der Waals surface area (Å²) in [6.45, 7) is 0.372. The highest BCUT2D eigenvalue weighted by Gasteiger charge is 2.12. The van der Waals surface area contributed by atoms with E-state index in [1.54, 1.807) is 12.1 Å². The fourth-order valence-corrected chi connectivity index (χ4v) is 1.67. The summed E-state index contributed by atoms with van der Waals surface area (Å²) in [6.07, 6.45) is 1.36. The van der Waals surface area contributed by atoms with Gasteiger partial charge >= 0.3 is 0 Å². The van der Waals surface area contributed by atoms with Crippen LogP contribution in [0.15, 0.2) is 30.6 Å². The maximum atomic E-state index is 13.1. The molecular formula is C13H14FN3O2. The first-order valence-electron chi connectivity index (χ1n) is 5.66. The van der Waals surface area contributed by atoms with Crippen LogP contribution < -0.4 is 14.8 Å². The average Bonchev–Trinajstić information content (AvgIpc) is 2.44. The van der Waals surface area contributed by atoms with Crippen molar-refractivity contribution in [3.05, 3.63) is 42.0 Å². The van der Waals surface area contributed by atoms with Crippen molar-refractivity contribution in [2.24, 2.45) is 0 Å². The predicted octanol–water partition coefficient (Wildman–Crippen LogP) is 2.25. The normalized spacial score (nSPS) is 10.1. The Morgan fingerprint density at radius 1 is 1.16 bits per heavy atom. The molecule has 2 aromatic rings. The summed E-state index contributed by atoms with van der Waals surface area (Å²) in [5.41, 5.74) is 1.34. The summed E-state index contributed by atoms with van der Waals surface area (Å²) >= 11 is 0. The second kappa shape index (κ2) is 5.99. The van der Waals surface area contributed by atoms with Crippen molar-refractivity contribution in [3.63, 3.8) is 0 Å². The Balaban J connectivity index is 2.19. The van der Waals surface area contributed by atoms with Crippen LogP contribution in [0.1, 0.15) is 5.56 Å². The molecule has 0 amide bonds. The number of hydrogen-bond acceptors (Lipinski definition) is 5. The van der Waals surface area contributed by atoms with Crippen molar-refractivity contribution >= 4 is 5.69 Å². The Morgan fingerprint density at radius 3 is 2.42 bits per heavy atom. The molecule has 1 aromatic heterocycles. The van der Waals surface area contributed by atoms with Crippen molar-refractivity contribution in [2.75, 3.05) is 19.5 Å². The van der Waals surface area contributed by atoms with E-state index in [1.165, 1.54) is 32.7 Å². The Kier molecular flexibility index (Phi) is 4.12. The van der Waals surface area contributed by atoms with Gasteiger partial charge in [0.1, 0.15) is 12.1 Å². The van der Waals surface area contributed by atoms with Gasteiger partial charge in [0, 0.05) is 5.69 Å². The van der Waals surface area contributed by atoms with Crippen LogP contribution in [0.5, 0.6) is 11.8 Å². The molecule has 0 atom stereocenters. The van der Waals surface area contributed by atoms with E-state index in [0.717, 1.165) is 0 Å². The molecule has 0 unspecified atom stereocenters. The molecule has 0 bridgehead atoms. The quantitative estimate of drug-likeness (QED) is 0.896. The molecule has 0 aliphatic rings. The van der Waals surface area contributed by atoms with Gasteiger partial charge in [0.05, 0.1) is 26.3 Å². The summed E-state index contributed by atoms with van der Waals surface area (Å²) in [4.78, 5) is 8.02. The number of ether oxygens (including phenoxy) is 2. The van der Waals surface area contributed by atoms with Crippen LogP contribution in [0, 0.1) is 5.82 Å². The number of aromatic nitrogens is 2. The minimum Gasteiger partial charge on any atom is -0.481 e. The molecule has 0 radical (unpaired) electrons. The topological polar surface area (TPSA) is 56.3 Å². The van der Waals surface area contributed by atoms with Crippen molar-refractivity contribution in [2.45, 2.75) is 6.54 Å². The Hall–Kier alpha value is -2.37. The Bertz CT molecular complexity index is 541. The molecule has 19 heavy (non-hydrogen) atoms. The molecule has 0 aliphatic carbocycles. The number of methoxy groups -OCH3 is 2. The number of nitrogens with zero attached hydrogens (tertiary/aromatic N) is 2. The first-order chi connectivity index (χ1) is 9.24. The van der Waals surface area contributed by atoms with Crippen LogP contribution in [0.25, 0.3) is 0 Å². The van der Waals surface area contributed by atoms with Crippen LogP contribution in [-0.4, -0.2) is 24.2 Å². The number of rotatable bonds is 5. The molecule has 6 heteroatoms. The van der Waals surface area contributed by atoms with Crippen molar-refractivity contribution in [1.82, 2.24) is 9.97 Å². The van der Waals surface area contributed by atoms with Gasteiger partial charge in [-0.1, -0.05) is 6.07 Å². The molecule has 1 aromatic carbocycles. The minimum atomic E-state index is -0.298. The lowest BCUT2D eigenvalue weighted by molar-refractivity contribution is 0.363. The lowest BCUT2D eigenvalue weighted by atomic mass is 10.2. The molecule has 2 rings (SSSR count). The number of benzene rings is 1. The standard InChI is InChI=1S/C13H14FN3O2/c1-18-12-11(13(19-2)17-8-16-12)7-15-10-5-3-4-9(14)6-10/h3-6,8,15H,7H2,1-2H3. The van der Waals surface area contributed by atoms with Gasteiger partial charge in [-0.25, -0.2) is 14.4 Å². The third-order valence-corrected chi connectivity index (χ3v) is 2.55. The summed E-state index contributed by atoms with van der Waals surface area (Å²) in [7, 11) is 3.04. The second-order valence-electron chi connectivity index (χ2n) is 3.73. The summed E-state index contributed by atoms with van der Waals surface area (Å²) in [6, 6.07) is 6.19. The van der Waals surface area contributed by atoms with Crippen LogP contribution in [0.2, 0.25) is 0 Å². The Morgan fingerprint density at radius 2 is 1.84 bits per heavy atom. The Labute approximate surface area is 110 Å². The van der Waals surface area contributed by atoms with Gasteiger partial charge in [-0.15, -0.1) is 0 Å². The zero-order valence-electron chi connectivity index (χ0n) is 10.7. The highest BCUT2D eigenvalue weighted by atomic mass is 19.1. The SMILES string of the molecule is COc1ncnc(OC)c1CNc1cccc(F)c1. The van der Waals surface area contributed by atoms with Gasteiger partial charge in [-0.3, -0.25) is 0 Å². The van der Waals surface area contributed by atoms with Gasteiger partial charge < -0.3 is 14.8 Å². The zero-order chi connectivity index (χ0) is 13.7. The van der Waals surface area contributed by atoms with Crippen molar-refractivity contribution in [3.8, 4) is 11.8 Å². The van der Waals surface area contributed by atoms with E-state index in [0.29, 0.717) is 29.6 Å². The molecule has 0 saturated carbocycles. The lowest BCUT2D eigenvalue weighted by Gasteiger charge is -2.12. The van der Waals surface area contributed by atoms with Crippen molar-refractivity contribution in [1.29, 1.82) is 0 Å². The average molecular weight is 263 g/mol. The van der Waals surface area contributed by atoms with Crippen LogP contribution in [0.3, 0.4) is 0 Å². The highest BCUT2D eigenvalue weighted by Crippen LogP contribution is 2.24. The largest absolute Gasteiger partial charge is 0.481 e. The third kappa shape index (κ3) is 3.09. The van der Waals surface area contributed by atoms with Gasteiger partial charge in [-0.2, -0.15) is 0 Å². The molecule has 5 nitrogen and oxygen atoms in total. The molecule has 0 aliphatic heterocycles. The maximum absolute atomic E-state index is 13.1. The monoisotopic (exact) mass is 263 g/mol. The van der Waals surface area contributed by atoms with E-state index >= 15 is 0 Å².